The molecule has 4 aromatic heterocycles. The van der Waals surface area contributed by atoms with E-state index in [0.717, 1.165) is 26.0 Å². The van der Waals surface area contributed by atoms with Crippen LogP contribution in [0.2, 0.25) is 0 Å². The van der Waals surface area contributed by atoms with E-state index in [4.69, 9.17) is 11.5 Å². The number of carbonyl (C=O) groups is 2. The van der Waals surface area contributed by atoms with E-state index in [9.17, 15) is 9.59 Å². The van der Waals surface area contributed by atoms with Gasteiger partial charge >= 0.3 is 11.9 Å². The second kappa shape index (κ2) is 12.7. The maximum absolute atomic E-state index is 13.0. The van der Waals surface area contributed by atoms with Crippen molar-refractivity contribution < 1.29 is 43.5 Å². The predicted octanol–water partition coefficient (Wildman–Crippen LogP) is -4.87. The third-order valence-corrected chi connectivity index (χ3v) is 8.30. The van der Waals surface area contributed by atoms with Crippen molar-refractivity contribution in [1.82, 2.24) is 30.6 Å². The molecule has 16 heteroatoms. The van der Waals surface area contributed by atoms with Gasteiger partial charge in [0.05, 0.1) is 26.2 Å². The summed E-state index contributed by atoms with van der Waals surface area (Å²) in [6.45, 7) is 0.761. The van der Waals surface area contributed by atoms with Gasteiger partial charge in [-0.2, -0.15) is 0 Å². The van der Waals surface area contributed by atoms with Crippen LogP contribution in [0.4, 0.5) is 11.9 Å². The molecule has 4 heterocycles. The van der Waals surface area contributed by atoms with Crippen molar-refractivity contribution in [3.8, 4) is 0 Å². The monoisotopic (exact) mass is 718 g/mol. The molecule has 0 saturated carbocycles. The standard InChI is InChI=1S/C24H28Br2N10O2.2ClH/c1-35-17-3-11(6-31-21(37)15-4-12(25)7-29-15)14(9-32-22(38)16-5-13(26)8-30-16)19(20(17)34-24(35)28)18-10-33-23(27)36(18)2;;/h4-5,7-8,10-11,14,19H,3,6,9H2,1-2H3,(H8,27,28,29,30,31,32,33,34,37,38);2*1H/t11-,14-,19-;;/m1../s1. The Bertz CT molecular complexity index is 1510. The summed E-state index contributed by atoms with van der Waals surface area (Å²) in [5, 5.41) is 6.17. The summed E-state index contributed by atoms with van der Waals surface area (Å²) < 4.78 is 5.44. The first-order chi connectivity index (χ1) is 18.1. The van der Waals surface area contributed by atoms with E-state index in [0.29, 0.717) is 42.8 Å². The molecule has 3 atom stereocenters. The highest BCUT2D eigenvalue weighted by atomic mass is 79.9. The molecule has 0 spiro atoms. The first-order valence-corrected chi connectivity index (χ1v) is 13.7. The first kappa shape index (κ1) is 31.6. The molecule has 5 rings (SSSR count). The van der Waals surface area contributed by atoms with Gasteiger partial charge in [0.15, 0.2) is 0 Å². The number of nitrogens with zero attached hydrogens (tertiary/aromatic N) is 2. The average Bonchev–Trinajstić information content (AvgIpc) is 3.66. The van der Waals surface area contributed by atoms with Gasteiger partial charge in [0, 0.05) is 40.8 Å². The van der Waals surface area contributed by atoms with Gasteiger partial charge in [-0.25, -0.2) is 19.1 Å². The molecule has 0 radical (unpaired) electrons. The molecule has 2 amide bonds. The summed E-state index contributed by atoms with van der Waals surface area (Å²) in [6.07, 6.45) is 5.97. The minimum atomic E-state index is -0.214. The van der Waals surface area contributed by atoms with E-state index in [1.807, 2.05) is 29.4 Å². The molecule has 0 saturated heterocycles. The molecule has 12 nitrogen and oxygen atoms in total. The van der Waals surface area contributed by atoms with Crippen molar-refractivity contribution in [3.63, 3.8) is 0 Å². The fourth-order valence-corrected chi connectivity index (χ4v) is 5.97. The van der Waals surface area contributed by atoms with E-state index in [-0.39, 0.29) is 54.4 Å². The molecule has 0 fully saturated rings. The minimum Gasteiger partial charge on any atom is -1.00 e. The van der Waals surface area contributed by atoms with Gasteiger partial charge in [-0.15, -0.1) is 0 Å². The molecule has 1 aliphatic rings. The van der Waals surface area contributed by atoms with Gasteiger partial charge in [-0.05, 0) is 55.8 Å². The largest absolute Gasteiger partial charge is 1.00 e. The summed E-state index contributed by atoms with van der Waals surface area (Å²) in [7, 11) is 3.82. The molecule has 40 heavy (non-hydrogen) atoms. The first-order valence-electron chi connectivity index (χ1n) is 12.1. The Morgan fingerprint density at radius 1 is 0.900 bits per heavy atom. The lowest BCUT2D eigenvalue weighted by Crippen LogP contribution is -3.00. The number of halogens is 4. The Morgan fingerprint density at radius 2 is 1.48 bits per heavy atom. The maximum atomic E-state index is 13.0. The Hall–Kier alpha value is -2.94. The number of hydrogen-bond donors (Lipinski definition) is 8. The minimum absolute atomic E-state index is 0. The second-order valence-corrected chi connectivity index (χ2v) is 11.4. The van der Waals surface area contributed by atoms with Crippen LogP contribution in [0.5, 0.6) is 0 Å². The number of nitrogens with one attached hydrogen (secondary N) is 6. The van der Waals surface area contributed by atoms with Crippen LogP contribution in [0.3, 0.4) is 0 Å². The molecule has 216 valence electrons. The summed E-state index contributed by atoms with van der Waals surface area (Å²) in [5.74, 6) is 0.324. The molecule has 0 bridgehead atoms. The van der Waals surface area contributed by atoms with Gasteiger partial charge in [-0.1, -0.05) is 0 Å². The van der Waals surface area contributed by atoms with Crippen molar-refractivity contribution in [2.24, 2.45) is 25.9 Å². The predicted molar refractivity (Wildman–Crippen MR) is 147 cm³/mol. The third-order valence-electron chi connectivity index (χ3n) is 7.38. The zero-order valence-corrected chi connectivity index (χ0v) is 26.3. The average molecular weight is 721 g/mol. The number of nitrogen functional groups attached to an aromatic ring is 2. The third kappa shape index (κ3) is 6.04. The number of aromatic nitrogens is 6. The number of H-pyrrole nitrogens is 4. The lowest BCUT2D eigenvalue weighted by molar-refractivity contribution is -0.667. The van der Waals surface area contributed by atoms with Crippen molar-refractivity contribution in [3.05, 3.63) is 68.1 Å². The Balaban J connectivity index is 0.00000220. The lowest BCUT2D eigenvalue weighted by atomic mass is 9.70. The van der Waals surface area contributed by atoms with Crippen LogP contribution >= 0.6 is 31.9 Å². The molecular weight excluding hydrogens is 691 g/mol. The zero-order chi connectivity index (χ0) is 27.1. The molecule has 4 aromatic rings. The summed E-state index contributed by atoms with van der Waals surface area (Å²) >= 11 is 6.75. The van der Waals surface area contributed by atoms with Crippen LogP contribution in [0.15, 0.2) is 39.7 Å². The van der Waals surface area contributed by atoms with Crippen molar-refractivity contribution in [2.75, 3.05) is 24.6 Å². The number of fused-ring (bicyclic) bond motifs is 1. The van der Waals surface area contributed by atoms with Gasteiger partial charge in [0.2, 0.25) is 0 Å². The number of hydrogen-bond acceptors (Lipinski definition) is 4. The highest BCUT2D eigenvalue weighted by Gasteiger charge is 2.45. The van der Waals surface area contributed by atoms with E-state index < -0.39 is 0 Å². The van der Waals surface area contributed by atoms with E-state index in [1.165, 1.54) is 0 Å². The van der Waals surface area contributed by atoms with Crippen molar-refractivity contribution >= 4 is 55.6 Å². The van der Waals surface area contributed by atoms with E-state index in [1.54, 1.807) is 24.5 Å². The number of amides is 2. The Morgan fingerprint density at radius 3 is 1.98 bits per heavy atom. The number of carbonyl (C=O) groups excluding carboxylic acids is 2. The Labute approximate surface area is 259 Å². The topological polar surface area (TPSA) is 181 Å². The van der Waals surface area contributed by atoms with E-state index >= 15 is 0 Å². The van der Waals surface area contributed by atoms with Gasteiger partial charge in [0.25, 0.3) is 11.8 Å². The van der Waals surface area contributed by atoms with Crippen molar-refractivity contribution in [2.45, 2.75) is 12.3 Å². The number of rotatable bonds is 7. The highest BCUT2D eigenvalue weighted by Crippen LogP contribution is 2.41. The number of nitrogens with two attached hydrogens (primary N) is 2. The quantitative estimate of drug-likeness (QED) is 0.0893. The highest BCUT2D eigenvalue weighted by molar-refractivity contribution is 9.10. The molecule has 0 aromatic carbocycles. The number of aromatic amines is 4. The molecular formula is C24H30Br2Cl2N10O2. The van der Waals surface area contributed by atoms with Gasteiger partial charge < -0.3 is 45.4 Å². The fourth-order valence-electron chi connectivity index (χ4n) is 5.29. The molecule has 1 aliphatic carbocycles. The van der Waals surface area contributed by atoms with Crippen LogP contribution in [-0.2, 0) is 20.5 Å². The SMILES string of the molecule is C[n+]1c([C@@H]2c3[nH]c(N)[n+](C)c3C[C@H](CNC(=O)c3cc(Br)c[nH]3)[C@H]2CNC(=O)c2cc(Br)c[nH]2)c[nH]c1N.[Cl-].[Cl-]. The molecule has 10 N–H and O–H groups in total. The number of anilines is 2. The maximum Gasteiger partial charge on any atom is 0.352 e. The Kier molecular flexibility index (Phi) is 10.0. The van der Waals surface area contributed by atoms with Crippen LogP contribution in [-0.4, -0.2) is 44.8 Å². The normalized spacial score (nSPS) is 17.9. The van der Waals surface area contributed by atoms with Gasteiger partial charge in [-0.3, -0.25) is 21.1 Å². The fraction of sp³-hybridized carbons (Fsp3) is 0.333. The summed E-state index contributed by atoms with van der Waals surface area (Å²) in [6, 6.07) is 3.47. The second-order valence-electron chi connectivity index (χ2n) is 9.58. The summed E-state index contributed by atoms with van der Waals surface area (Å²) in [5.41, 5.74) is 16.4. The molecule has 0 aliphatic heterocycles. The van der Waals surface area contributed by atoms with Gasteiger partial charge in [0.1, 0.15) is 28.5 Å². The smallest absolute Gasteiger partial charge is 0.352 e. The van der Waals surface area contributed by atoms with Crippen LogP contribution in [0.1, 0.15) is 44.0 Å². The van der Waals surface area contributed by atoms with Crippen molar-refractivity contribution in [1.29, 1.82) is 0 Å². The lowest BCUT2D eigenvalue weighted by Gasteiger charge is -2.36. The molecule has 0 unspecified atom stereocenters. The van der Waals surface area contributed by atoms with Crippen LogP contribution in [0.25, 0.3) is 0 Å². The van der Waals surface area contributed by atoms with Crippen LogP contribution < -0.4 is 56.0 Å². The van der Waals surface area contributed by atoms with Crippen LogP contribution in [0, 0.1) is 11.8 Å². The van der Waals surface area contributed by atoms with E-state index in [2.05, 4.69) is 62.4 Å². The number of imidazole rings is 2. The zero-order valence-electron chi connectivity index (χ0n) is 21.6. The summed E-state index contributed by atoms with van der Waals surface area (Å²) in [4.78, 5) is 38.3.